The molecule has 0 atom stereocenters. The van der Waals surface area contributed by atoms with Crippen LogP contribution in [0.3, 0.4) is 0 Å². The second-order valence-corrected chi connectivity index (χ2v) is 4.02. The van der Waals surface area contributed by atoms with Gasteiger partial charge in [-0.2, -0.15) is 0 Å². The topological polar surface area (TPSA) is 61.3 Å². The highest BCUT2D eigenvalue weighted by Gasteiger charge is 1.96. The molecule has 0 heterocycles. The summed E-state index contributed by atoms with van der Waals surface area (Å²) in [5, 5.41) is 0. The first-order chi connectivity index (χ1) is 3.13. The van der Waals surface area contributed by atoms with Crippen LogP contribution in [-0.4, -0.2) is 15.4 Å². The normalized spacial score (nSPS) is 11.1. The fraction of sp³-hybridized carbons (Fsp3) is 1.00. The highest BCUT2D eigenvalue weighted by Crippen LogP contribution is 1.80. The molecule has 0 saturated carbocycles. The maximum absolute atomic E-state index is 5.08. The van der Waals surface area contributed by atoms with Crippen molar-refractivity contribution in [1.29, 1.82) is 0 Å². The van der Waals surface area contributed by atoms with Crippen LogP contribution in [0.5, 0.6) is 0 Å². The Hall–Kier alpha value is 0.0969. The highest BCUT2D eigenvalue weighted by atomic mass is 28.3. The predicted molar refractivity (Wildman–Crippen MR) is 32.1 cm³/mol. The zero-order valence-electron chi connectivity index (χ0n) is 4.72. The third kappa shape index (κ3) is 6.10. The van der Waals surface area contributed by atoms with Gasteiger partial charge >= 0.3 is 0 Å². The lowest BCUT2D eigenvalue weighted by atomic mass is 11.1. The molecule has 0 fully saturated rings. The first-order valence-electron chi connectivity index (χ1n) is 2.29. The van der Waals surface area contributed by atoms with Gasteiger partial charge in [-0.3, -0.25) is 11.5 Å². The van der Waals surface area contributed by atoms with Crippen molar-refractivity contribution in [3.63, 3.8) is 0 Å². The Balaban J connectivity index is 2.95. The summed E-state index contributed by atoms with van der Waals surface area (Å²) in [6, 6.07) is 0. The summed E-state index contributed by atoms with van der Waals surface area (Å²) >= 11 is 0. The molecule has 0 saturated heterocycles. The van der Waals surface area contributed by atoms with Crippen LogP contribution in [-0.2, 0) is 4.43 Å². The van der Waals surface area contributed by atoms with Gasteiger partial charge in [-0.05, 0) is 13.1 Å². The summed E-state index contributed by atoms with van der Waals surface area (Å²) < 4.78 is 4.94. The van der Waals surface area contributed by atoms with Gasteiger partial charge in [0.25, 0.3) is 0 Å². The number of nitrogens with two attached hydrogens (primary N) is 2. The molecule has 0 aliphatic carbocycles. The van der Waals surface area contributed by atoms with E-state index in [2.05, 4.69) is 0 Å². The van der Waals surface area contributed by atoms with Crippen LogP contribution in [0.25, 0.3) is 0 Å². The summed E-state index contributed by atoms with van der Waals surface area (Å²) in [6.07, 6.45) is -0.563. The molecule has 0 amide bonds. The summed E-state index contributed by atoms with van der Waals surface area (Å²) in [5.41, 5.74) is 10.2. The minimum atomic E-state index is -0.978. The Morgan fingerprint density at radius 3 is 1.86 bits per heavy atom. The van der Waals surface area contributed by atoms with E-state index in [1.165, 1.54) is 0 Å². The maximum atomic E-state index is 5.08. The van der Waals surface area contributed by atoms with Crippen LogP contribution in [0.1, 0.15) is 0 Å². The summed E-state index contributed by atoms with van der Waals surface area (Å²) in [6.45, 7) is 4.04. The Kier molecular flexibility index (Phi) is 3.19. The van der Waals surface area contributed by atoms with Crippen molar-refractivity contribution in [1.82, 2.24) is 0 Å². The van der Waals surface area contributed by atoms with Gasteiger partial charge in [-0.15, -0.1) is 0 Å². The van der Waals surface area contributed by atoms with E-state index in [4.69, 9.17) is 15.9 Å². The fourth-order valence-corrected chi connectivity index (χ4v) is 0.943. The molecule has 0 radical (unpaired) electrons. The highest BCUT2D eigenvalue weighted by molar-refractivity contribution is 6.48. The van der Waals surface area contributed by atoms with E-state index in [9.17, 15) is 0 Å². The van der Waals surface area contributed by atoms with Crippen molar-refractivity contribution in [2.45, 2.75) is 19.4 Å². The lowest BCUT2D eigenvalue weighted by Gasteiger charge is -2.08. The van der Waals surface area contributed by atoms with Crippen molar-refractivity contribution in [3.8, 4) is 0 Å². The molecular formula is C3H12N2OSi. The smallest absolute Gasteiger partial charge is 0.174 e. The lowest BCUT2D eigenvalue weighted by Crippen LogP contribution is -2.37. The molecule has 0 aromatic heterocycles. The van der Waals surface area contributed by atoms with Gasteiger partial charge in [0.15, 0.2) is 9.04 Å². The van der Waals surface area contributed by atoms with Gasteiger partial charge in [-0.25, -0.2) is 0 Å². The summed E-state index contributed by atoms with van der Waals surface area (Å²) in [4.78, 5) is 0. The average molecular weight is 120 g/mol. The predicted octanol–water partition coefficient (Wildman–Crippen LogP) is -0.813. The van der Waals surface area contributed by atoms with Gasteiger partial charge in [0.1, 0.15) is 6.35 Å². The number of rotatable bonds is 2. The SMILES string of the molecule is C[SiH](C)OC(N)N. The van der Waals surface area contributed by atoms with E-state index < -0.39 is 15.4 Å². The summed E-state index contributed by atoms with van der Waals surface area (Å²) in [5.74, 6) is 0. The first-order valence-corrected chi connectivity index (χ1v) is 5.07. The molecule has 0 aromatic carbocycles. The van der Waals surface area contributed by atoms with Crippen LogP contribution in [0.15, 0.2) is 0 Å². The van der Waals surface area contributed by atoms with E-state index >= 15 is 0 Å². The van der Waals surface area contributed by atoms with Crippen molar-refractivity contribution in [3.05, 3.63) is 0 Å². The molecule has 0 unspecified atom stereocenters. The Labute approximate surface area is 45.4 Å². The molecule has 0 aromatic rings. The van der Waals surface area contributed by atoms with Crippen molar-refractivity contribution in [2.24, 2.45) is 11.5 Å². The quantitative estimate of drug-likeness (QED) is 0.370. The van der Waals surface area contributed by atoms with E-state index in [0.29, 0.717) is 0 Å². The largest absolute Gasteiger partial charge is 0.394 e. The Morgan fingerprint density at radius 1 is 1.43 bits per heavy atom. The third-order valence-electron chi connectivity index (χ3n) is 0.429. The van der Waals surface area contributed by atoms with E-state index in [1.807, 2.05) is 13.1 Å². The summed E-state index contributed by atoms with van der Waals surface area (Å²) in [7, 11) is -0.978. The molecule has 44 valence electrons. The van der Waals surface area contributed by atoms with Gasteiger partial charge in [-0.1, -0.05) is 0 Å². The number of hydrogen-bond acceptors (Lipinski definition) is 3. The fourth-order valence-electron chi connectivity index (χ4n) is 0.314. The second kappa shape index (κ2) is 3.14. The lowest BCUT2D eigenvalue weighted by molar-refractivity contribution is 0.221. The molecule has 0 bridgehead atoms. The maximum Gasteiger partial charge on any atom is 0.174 e. The standard InChI is InChI=1S/C3H12N2OSi/c1-7(2)6-3(4)5/h3,7H,4-5H2,1-2H3. The van der Waals surface area contributed by atoms with Crippen molar-refractivity contribution in [2.75, 3.05) is 0 Å². The zero-order chi connectivity index (χ0) is 5.86. The van der Waals surface area contributed by atoms with Crippen LogP contribution >= 0.6 is 0 Å². The second-order valence-electron chi connectivity index (χ2n) is 1.65. The minimum absolute atomic E-state index is 0.563. The van der Waals surface area contributed by atoms with Gasteiger partial charge in [0.05, 0.1) is 0 Å². The van der Waals surface area contributed by atoms with Crippen LogP contribution < -0.4 is 11.5 Å². The Morgan fingerprint density at radius 2 is 1.86 bits per heavy atom. The monoisotopic (exact) mass is 120 g/mol. The molecule has 0 rings (SSSR count). The van der Waals surface area contributed by atoms with Crippen LogP contribution in [0.4, 0.5) is 0 Å². The molecular weight excluding hydrogens is 108 g/mol. The molecule has 0 spiro atoms. The first kappa shape index (κ1) is 7.10. The van der Waals surface area contributed by atoms with Gasteiger partial charge in [0.2, 0.25) is 0 Å². The average Bonchev–Trinajstić information content (AvgIpc) is 1.27. The molecule has 0 aliphatic heterocycles. The number of hydrogen-bond donors (Lipinski definition) is 2. The van der Waals surface area contributed by atoms with Crippen LogP contribution in [0, 0.1) is 0 Å². The Bertz CT molecular complexity index is 42.2. The molecule has 4 N–H and O–H groups in total. The van der Waals surface area contributed by atoms with E-state index in [-0.39, 0.29) is 0 Å². The molecule has 0 aliphatic rings. The van der Waals surface area contributed by atoms with E-state index in [0.717, 1.165) is 0 Å². The van der Waals surface area contributed by atoms with E-state index in [1.54, 1.807) is 0 Å². The zero-order valence-corrected chi connectivity index (χ0v) is 5.87. The molecule has 3 nitrogen and oxygen atoms in total. The van der Waals surface area contributed by atoms with Gasteiger partial charge in [0, 0.05) is 0 Å². The third-order valence-corrected chi connectivity index (χ3v) is 1.29. The van der Waals surface area contributed by atoms with Gasteiger partial charge < -0.3 is 4.43 Å². The molecule has 4 heteroatoms. The van der Waals surface area contributed by atoms with Crippen LogP contribution in [0.2, 0.25) is 13.1 Å². The molecule has 7 heavy (non-hydrogen) atoms. The minimum Gasteiger partial charge on any atom is -0.394 e. The van der Waals surface area contributed by atoms with Crippen molar-refractivity contribution >= 4 is 9.04 Å². The van der Waals surface area contributed by atoms with Crippen molar-refractivity contribution < 1.29 is 4.43 Å².